The van der Waals surface area contributed by atoms with Gasteiger partial charge in [0, 0.05) is 6.61 Å². The summed E-state index contributed by atoms with van der Waals surface area (Å²) in [6, 6.07) is 12.5. The number of nitriles is 1. The van der Waals surface area contributed by atoms with E-state index in [4.69, 9.17) is 10.00 Å². The summed E-state index contributed by atoms with van der Waals surface area (Å²) < 4.78 is 5.59. The van der Waals surface area contributed by atoms with E-state index in [-0.39, 0.29) is 5.41 Å². The van der Waals surface area contributed by atoms with Crippen LogP contribution in [0.2, 0.25) is 0 Å². The Bertz CT molecular complexity index is 351. The summed E-state index contributed by atoms with van der Waals surface area (Å²) in [6.07, 6.45) is 3.02. The zero-order valence-corrected chi connectivity index (χ0v) is 10.8. The quantitative estimate of drug-likeness (QED) is 0.666. The molecule has 0 aliphatic rings. The average molecular weight is 231 g/mol. The maximum absolute atomic E-state index is 8.86. The number of nitrogens with zero attached hydrogens (tertiary/aromatic N) is 1. The predicted octanol–water partition coefficient (Wildman–Crippen LogP) is 3.92. The lowest BCUT2D eigenvalue weighted by Crippen LogP contribution is -2.07. The first kappa shape index (κ1) is 13.7. The summed E-state index contributed by atoms with van der Waals surface area (Å²) in [5, 5.41) is 8.86. The lowest BCUT2D eigenvalue weighted by atomic mass is 9.89. The number of rotatable bonds is 7. The fourth-order valence-corrected chi connectivity index (χ4v) is 1.59. The van der Waals surface area contributed by atoms with Crippen molar-refractivity contribution < 1.29 is 4.74 Å². The summed E-state index contributed by atoms with van der Waals surface area (Å²) in [4.78, 5) is 0. The normalized spacial score (nSPS) is 11.1. The highest BCUT2D eigenvalue weighted by Crippen LogP contribution is 2.21. The molecule has 1 aromatic rings. The van der Waals surface area contributed by atoms with Crippen molar-refractivity contribution in [2.24, 2.45) is 5.41 Å². The second-order valence-corrected chi connectivity index (χ2v) is 4.99. The summed E-state index contributed by atoms with van der Waals surface area (Å²) in [5.74, 6) is 0. The summed E-state index contributed by atoms with van der Waals surface area (Å²) >= 11 is 0. The van der Waals surface area contributed by atoms with Gasteiger partial charge in [-0.25, -0.2) is 0 Å². The van der Waals surface area contributed by atoms with Crippen LogP contribution in [0, 0.1) is 16.7 Å². The van der Waals surface area contributed by atoms with E-state index < -0.39 is 0 Å². The third-order valence-corrected chi connectivity index (χ3v) is 2.75. The molecule has 17 heavy (non-hydrogen) atoms. The molecule has 0 saturated carbocycles. The summed E-state index contributed by atoms with van der Waals surface area (Å²) in [6.45, 7) is 5.43. The fraction of sp³-hybridized carbons (Fsp3) is 0.533. The molecule has 0 unspecified atom stereocenters. The fourth-order valence-electron chi connectivity index (χ4n) is 1.59. The topological polar surface area (TPSA) is 33.0 Å². The van der Waals surface area contributed by atoms with Gasteiger partial charge in [0.1, 0.15) is 0 Å². The van der Waals surface area contributed by atoms with Crippen molar-refractivity contribution in [3.63, 3.8) is 0 Å². The van der Waals surface area contributed by atoms with E-state index in [1.54, 1.807) is 0 Å². The molecule has 2 nitrogen and oxygen atoms in total. The summed E-state index contributed by atoms with van der Waals surface area (Å²) in [5.41, 5.74) is 1.02. The Labute approximate surface area is 104 Å². The molecule has 0 bridgehead atoms. The molecule has 0 N–H and O–H groups in total. The average Bonchev–Trinajstić information content (AvgIpc) is 2.35. The van der Waals surface area contributed by atoms with Crippen LogP contribution in [0.25, 0.3) is 0 Å². The van der Waals surface area contributed by atoms with Crippen LogP contribution in [0.3, 0.4) is 0 Å². The van der Waals surface area contributed by atoms with Gasteiger partial charge in [0.25, 0.3) is 0 Å². The second kappa shape index (κ2) is 7.09. The molecule has 0 spiro atoms. The molecular weight excluding hydrogens is 210 g/mol. The molecule has 0 atom stereocenters. The minimum atomic E-state index is -0.195. The molecule has 0 amide bonds. The Morgan fingerprint density at radius 3 is 2.53 bits per heavy atom. The number of ether oxygens (including phenoxy) is 1. The third-order valence-electron chi connectivity index (χ3n) is 2.75. The summed E-state index contributed by atoms with van der Waals surface area (Å²) in [7, 11) is 0. The molecule has 1 rings (SSSR count). The zero-order chi connectivity index (χ0) is 12.6. The van der Waals surface area contributed by atoms with E-state index in [1.165, 1.54) is 5.56 Å². The Morgan fingerprint density at radius 1 is 1.18 bits per heavy atom. The van der Waals surface area contributed by atoms with Crippen LogP contribution in [0.4, 0.5) is 0 Å². The maximum Gasteiger partial charge on any atom is 0.0716 e. The van der Waals surface area contributed by atoms with Gasteiger partial charge in [0.05, 0.1) is 18.1 Å². The smallest absolute Gasteiger partial charge is 0.0716 e. The van der Waals surface area contributed by atoms with Crippen LogP contribution in [0.1, 0.15) is 38.7 Å². The first-order valence-electron chi connectivity index (χ1n) is 6.17. The van der Waals surface area contributed by atoms with Crippen molar-refractivity contribution in [3.05, 3.63) is 35.9 Å². The van der Waals surface area contributed by atoms with Gasteiger partial charge in [-0.1, -0.05) is 30.3 Å². The van der Waals surface area contributed by atoms with Crippen LogP contribution in [0.5, 0.6) is 0 Å². The van der Waals surface area contributed by atoms with E-state index in [0.29, 0.717) is 6.61 Å². The lowest BCUT2D eigenvalue weighted by Gasteiger charge is -2.14. The van der Waals surface area contributed by atoms with E-state index in [2.05, 4.69) is 18.2 Å². The van der Waals surface area contributed by atoms with E-state index in [0.717, 1.165) is 25.9 Å². The van der Waals surface area contributed by atoms with Gasteiger partial charge in [-0.05, 0) is 38.7 Å². The molecular formula is C15H21NO. The molecule has 0 aromatic heterocycles. The Hall–Kier alpha value is -1.33. The molecule has 92 valence electrons. The molecule has 0 aliphatic carbocycles. The van der Waals surface area contributed by atoms with Gasteiger partial charge in [0.2, 0.25) is 0 Å². The van der Waals surface area contributed by atoms with Crippen molar-refractivity contribution in [1.82, 2.24) is 0 Å². The number of hydrogen-bond acceptors (Lipinski definition) is 2. The highest BCUT2D eigenvalue weighted by atomic mass is 16.5. The molecule has 0 saturated heterocycles. The standard InChI is InChI=1S/C15H21NO/c1-15(2,13-16)10-6-7-11-17-12-14-8-4-3-5-9-14/h3-5,8-9H,6-7,10-12H2,1-2H3. The second-order valence-electron chi connectivity index (χ2n) is 4.99. The minimum Gasteiger partial charge on any atom is -0.377 e. The van der Waals surface area contributed by atoms with Gasteiger partial charge >= 0.3 is 0 Å². The van der Waals surface area contributed by atoms with Gasteiger partial charge in [0.15, 0.2) is 0 Å². The first-order chi connectivity index (χ1) is 8.14. The third kappa shape index (κ3) is 6.09. The number of unbranched alkanes of at least 4 members (excludes halogenated alkanes) is 1. The SMILES string of the molecule is CC(C)(C#N)CCCCOCc1ccccc1. The van der Waals surface area contributed by atoms with Crippen LogP contribution < -0.4 is 0 Å². The van der Waals surface area contributed by atoms with Gasteiger partial charge in [-0.2, -0.15) is 5.26 Å². The Kier molecular flexibility index (Phi) is 5.72. The predicted molar refractivity (Wildman–Crippen MR) is 69.3 cm³/mol. The molecule has 2 heteroatoms. The van der Waals surface area contributed by atoms with Crippen LogP contribution in [-0.4, -0.2) is 6.61 Å². The zero-order valence-electron chi connectivity index (χ0n) is 10.8. The molecule has 0 fully saturated rings. The maximum atomic E-state index is 8.86. The number of hydrogen-bond donors (Lipinski definition) is 0. The lowest BCUT2D eigenvalue weighted by molar-refractivity contribution is 0.115. The largest absolute Gasteiger partial charge is 0.377 e. The van der Waals surface area contributed by atoms with Crippen LogP contribution >= 0.6 is 0 Å². The first-order valence-corrected chi connectivity index (χ1v) is 6.17. The molecule has 1 aromatic carbocycles. The van der Waals surface area contributed by atoms with E-state index in [1.807, 2.05) is 32.0 Å². The molecule has 0 aliphatic heterocycles. The monoisotopic (exact) mass is 231 g/mol. The Morgan fingerprint density at radius 2 is 1.88 bits per heavy atom. The van der Waals surface area contributed by atoms with Gasteiger partial charge in [-0.15, -0.1) is 0 Å². The van der Waals surface area contributed by atoms with Crippen molar-refractivity contribution >= 4 is 0 Å². The highest BCUT2D eigenvalue weighted by Gasteiger charge is 2.15. The van der Waals surface area contributed by atoms with Crippen LogP contribution in [-0.2, 0) is 11.3 Å². The Balaban J connectivity index is 2.04. The highest BCUT2D eigenvalue weighted by molar-refractivity contribution is 5.13. The van der Waals surface area contributed by atoms with E-state index >= 15 is 0 Å². The van der Waals surface area contributed by atoms with Gasteiger partial charge < -0.3 is 4.74 Å². The molecule has 0 heterocycles. The van der Waals surface area contributed by atoms with E-state index in [9.17, 15) is 0 Å². The van der Waals surface area contributed by atoms with Crippen molar-refractivity contribution in [2.75, 3.05) is 6.61 Å². The van der Waals surface area contributed by atoms with Crippen LogP contribution in [0.15, 0.2) is 30.3 Å². The van der Waals surface area contributed by atoms with Crippen molar-refractivity contribution in [3.8, 4) is 6.07 Å². The van der Waals surface area contributed by atoms with Crippen molar-refractivity contribution in [2.45, 2.75) is 39.7 Å². The van der Waals surface area contributed by atoms with Crippen molar-refractivity contribution in [1.29, 1.82) is 5.26 Å². The van der Waals surface area contributed by atoms with Gasteiger partial charge in [-0.3, -0.25) is 0 Å². The molecule has 0 radical (unpaired) electrons. The minimum absolute atomic E-state index is 0.195. The number of benzene rings is 1.